The Hall–Kier alpha value is -1.54. The molecule has 0 saturated carbocycles. The van der Waals surface area contributed by atoms with Gasteiger partial charge >= 0.3 is 0 Å². The lowest BCUT2D eigenvalue weighted by atomic mass is 10.1. The first kappa shape index (κ1) is 14.9. The van der Waals surface area contributed by atoms with Gasteiger partial charge in [0.15, 0.2) is 0 Å². The molecular weight excluding hydrogens is 246 g/mol. The van der Waals surface area contributed by atoms with Gasteiger partial charge in [-0.25, -0.2) is 0 Å². The molecule has 0 heterocycles. The molecule has 1 atom stereocenters. The molecule has 0 aliphatic rings. The molecule has 2 nitrogen and oxygen atoms in total. The number of benzene rings is 2. The highest BCUT2D eigenvalue weighted by Gasteiger charge is 2.00. The van der Waals surface area contributed by atoms with Gasteiger partial charge in [0, 0.05) is 6.04 Å². The van der Waals surface area contributed by atoms with Crippen molar-refractivity contribution in [3.8, 4) is 5.75 Å². The van der Waals surface area contributed by atoms with Crippen molar-refractivity contribution in [1.82, 2.24) is 5.32 Å². The van der Waals surface area contributed by atoms with Crippen LogP contribution >= 0.6 is 0 Å². The van der Waals surface area contributed by atoms with Gasteiger partial charge in [0.2, 0.25) is 0 Å². The third kappa shape index (κ3) is 4.53. The van der Waals surface area contributed by atoms with Crippen LogP contribution in [0.15, 0.2) is 42.5 Å². The van der Waals surface area contributed by atoms with Crippen LogP contribution in [0, 0.1) is 0 Å². The minimum Gasteiger partial charge on any atom is -0.494 e. The zero-order valence-electron chi connectivity index (χ0n) is 12.6. The first-order chi connectivity index (χ1) is 9.79. The van der Waals surface area contributed by atoms with Crippen molar-refractivity contribution in [3.05, 3.63) is 42.5 Å². The molecule has 0 radical (unpaired) electrons. The van der Waals surface area contributed by atoms with E-state index in [1.165, 1.54) is 23.6 Å². The van der Waals surface area contributed by atoms with Crippen molar-refractivity contribution in [2.45, 2.75) is 39.2 Å². The first-order valence-electron chi connectivity index (χ1n) is 7.64. The van der Waals surface area contributed by atoms with Crippen LogP contribution in [0.2, 0.25) is 0 Å². The minimum absolute atomic E-state index is 0.612. The molecule has 1 unspecified atom stereocenters. The Morgan fingerprint density at radius 1 is 1.05 bits per heavy atom. The summed E-state index contributed by atoms with van der Waals surface area (Å²) in [6.07, 6.45) is 3.54. The number of ether oxygens (including phenoxy) is 1. The third-order valence-electron chi connectivity index (χ3n) is 3.57. The van der Waals surface area contributed by atoms with Crippen LogP contribution in [0.5, 0.6) is 5.75 Å². The van der Waals surface area contributed by atoms with E-state index in [4.69, 9.17) is 4.74 Å². The summed E-state index contributed by atoms with van der Waals surface area (Å²) in [7, 11) is 0. The van der Waals surface area contributed by atoms with Crippen LogP contribution in [0.3, 0.4) is 0 Å². The van der Waals surface area contributed by atoms with Gasteiger partial charge in [-0.1, -0.05) is 37.3 Å². The molecule has 20 heavy (non-hydrogen) atoms. The van der Waals surface area contributed by atoms with Gasteiger partial charge in [0.25, 0.3) is 0 Å². The second-order valence-electron chi connectivity index (χ2n) is 5.31. The van der Waals surface area contributed by atoms with Crippen LogP contribution in [-0.4, -0.2) is 19.2 Å². The summed E-state index contributed by atoms with van der Waals surface area (Å²) in [4.78, 5) is 0. The standard InChI is InChI=1S/C18H25NO/c1-3-19-15(2)8-6-7-13-20-18-12-11-16-9-4-5-10-17(16)14-18/h4-5,9-12,14-15,19H,3,6-8,13H2,1-2H3. The van der Waals surface area contributed by atoms with Crippen LogP contribution in [0.1, 0.15) is 33.1 Å². The van der Waals surface area contributed by atoms with Gasteiger partial charge < -0.3 is 10.1 Å². The molecule has 0 spiro atoms. The van der Waals surface area contributed by atoms with Crippen molar-refractivity contribution in [1.29, 1.82) is 0 Å². The number of fused-ring (bicyclic) bond motifs is 1. The lowest BCUT2D eigenvalue weighted by Gasteiger charge is -2.12. The van der Waals surface area contributed by atoms with Crippen LogP contribution in [-0.2, 0) is 0 Å². The number of rotatable bonds is 8. The quantitative estimate of drug-likeness (QED) is 0.719. The van der Waals surface area contributed by atoms with E-state index in [1.807, 2.05) is 0 Å². The van der Waals surface area contributed by atoms with Gasteiger partial charge in [0.1, 0.15) is 5.75 Å². The Bertz CT molecular complexity index is 524. The van der Waals surface area contributed by atoms with Crippen LogP contribution in [0.4, 0.5) is 0 Å². The van der Waals surface area contributed by atoms with Gasteiger partial charge in [-0.3, -0.25) is 0 Å². The van der Waals surface area contributed by atoms with E-state index in [-0.39, 0.29) is 0 Å². The monoisotopic (exact) mass is 271 g/mol. The highest BCUT2D eigenvalue weighted by Crippen LogP contribution is 2.20. The fourth-order valence-electron chi connectivity index (χ4n) is 2.45. The summed E-state index contributed by atoms with van der Waals surface area (Å²) >= 11 is 0. The van der Waals surface area contributed by atoms with Crippen LogP contribution < -0.4 is 10.1 Å². The Balaban J connectivity index is 1.73. The molecule has 1 N–H and O–H groups in total. The van der Waals surface area contributed by atoms with Crippen molar-refractivity contribution < 1.29 is 4.74 Å². The van der Waals surface area contributed by atoms with E-state index in [0.717, 1.165) is 25.3 Å². The maximum Gasteiger partial charge on any atom is 0.119 e. The largest absolute Gasteiger partial charge is 0.494 e. The lowest BCUT2D eigenvalue weighted by molar-refractivity contribution is 0.302. The highest BCUT2D eigenvalue weighted by molar-refractivity contribution is 5.83. The molecule has 0 fully saturated rings. The molecule has 0 bridgehead atoms. The summed E-state index contributed by atoms with van der Waals surface area (Å²) in [5.41, 5.74) is 0. The Labute approximate surface area is 122 Å². The number of nitrogens with one attached hydrogen (secondary N) is 1. The second kappa shape index (κ2) is 7.91. The first-order valence-corrected chi connectivity index (χ1v) is 7.64. The molecular formula is C18H25NO. The van der Waals surface area contributed by atoms with Crippen molar-refractivity contribution >= 4 is 10.8 Å². The van der Waals surface area contributed by atoms with E-state index in [0.29, 0.717) is 6.04 Å². The van der Waals surface area contributed by atoms with E-state index >= 15 is 0 Å². The van der Waals surface area contributed by atoms with Crippen molar-refractivity contribution in [3.63, 3.8) is 0 Å². The summed E-state index contributed by atoms with van der Waals surface area (Å²) in [5.74, 6) is 0.975. The number of hydrogen-bond donors (Lipinski definition) is 1. The maximum atomic E-state index is 5.84. The highest BCUT2D eigenvalue weighted by atomic mass is 16.5. The summed E-state index contributed by atoms with van der Waals surface area (Å²) in [5, 5.41) is 5.94. The van der Waals surface area contributed by atoms with Crippen molar-refractivity contribution in [2.24, 2.45) is 0 Å². The number of unbranched alkanes of at least 4 members (excludes halogenated alkanes) is 1. The average molecular weight is 271 g/mol. The summed E-state index contributed by atoms with van der Waals surface area (Å²) in [6.45, 7) is 6.25. The molecule has 2 heteroatoms. The van der Waals surface area contributed by atoms with Crippen LogP contribution in [0.25, 0.3) is 10.8 Å². The summed E-state index contributed by atoms with van der Waals surface area (Å²) < 4.78 is 5.84. The predicted octanol–water partition coefficient (Wildman–Crippen LogP) is 4.39. The maximum absolute atomic E-state index is 5.84. The zero-order chi connectivity index (χ0) is 14.2. The molecule has 0 aromatic heterocycles. The average Bonchev–Trinajstić information content (AvgIpc) is 2.47. The lowest BCUT2D eigenvalue weighted by Crippen LogP contribution is -2.25. The molecule has 2 aromatic rings. The van der Waals surface area contributed by atoms with Gasteiger partial charge in [0.05, 0.1) is 6.61 Å². The van der Waals surface area contributed by atoms with E-state index in [2.05, 4.69) is 61.6 Å². The normalized spacial score (nSPS) is 12.5. The molecule has 2 rings (SSSR count). The number of hydrogen-bond acceptors (Lipinski definition) is 2. The predicted molar refractivity (Wildman–Crippen MR) is 86.4 cm³/mol. The molecule has 0 aliphatic carbocycles. The Morgan fingerprint density at radius 2 is 1.85 bits per heavy atom. The molecule has 2 aromatic carbocycles. The smallest absolute Gasteiger partial charge is 0.119 e. The Morgan fingerprint density at radius 3 is 2.65 bits per heavy atom. The van der Waals surface area contributed by atoms with E-state index in [1.54, 1.807) is 0 Å². The molecule has 0 aliphatic heterocycles. The Kier molecular flexibility index (Phi) is 5.87. The van der Waals surface area contributed by atoms with Gasteiger partial charge in [-0.05, 0) is 55.6 Å². The topological polar surface area (TPSA) is 21.3 Å². The zero-order valence-corrected chi connectivity index (χ0v) is 12.6. The molecule has 0 amide bonds. The van der Waals surface area contributed by atoms with Gasteiger partial charge in [-0.2, -0.15) is 0 Å². The second-order valence-corrected chi connectivity index (χ2v) is 5.31. The molecule has 108 valence electrons. The van der Waals surface area contributed by atoms with E-state index in [9.17, 15) is 0 Å². The molecule has 0 saturated heterocycles. The fraction of sp³-hybridized carbons (Fsp3) is 0.444. The minimum atomic E-state index is 0.612. The fourth-order valence-corrected chi connectivity index (χ4v) is 2.45. The SMILES string of the molecule is CCNC(C)CCCCOc1ccc2ccccc2c1. The summed E-state index contributed by atoms with van der Waals surface area (Å²) in [6, 6.07) is 15.3. The van der Waals surface area contributed by atoms with Gasteiger partial charge in [-0.15, -0.1) is 0 Å². The third-order valence-corrected chi connectivity index (χ3v) is 3.57. The van der Waals surface area contributed by atoms with Crippen molar-refractivity contribution in [2.75, 3.05) is 13.2 Å². The van der Waals surface area contributed by atoms with E-state index < -0.39 is 0 Å².